The first-order valence-corrected chi connectivity index (χ1v) is 11.6. The Balaban J connectivity index is 1.47. The van der Waals surface area contributed by atoms with Crippen molar-refractivity contribution in [2.75, 3.05) is 0 Å². The van der Waals surface area contributed by atoms with Crippen LogP contribution in [-0.4, -0.2) is 31.5 Å². The Kier molecular flexibility index (Phi) is 5.70. The van der Waals surface area contributed by atoms with Gasteiger partial charge in [-0.05, 0) is 57.6 Å². The molecule has 3 heterocycles. The van der Waals surface area contributed by atoms with Gasteiger partial charge in [0.05, 0.1) is 10.9 Å². The SMILES string of the molecule is CCn1c(=O)[nH]c(=O)c2c(C(=O)NCc3cccnc3OC3CCCC3)cc(C3CC3)nc21. The minimum absolute atomic E-state index is 0.131. The number of H-pyrrole nitrogens is 1. The second-order valence-corrected chi connectivity index (χ2v) is 8.75. The normalized spacial score (nSPS) is 16.3. The molecule has 2 aliphatic rings. The minimum atomic E-state index is -0.605. The molecular weight excluding hydrogens is 422 g/mol. The number of fused-ring (bicyclic) bond motifs is 1. The van der Waals surface area contributed by atoms with Gasteiger partial charge in [0, 0.05) is 36.5 Å². The number of carbonyl (C=O) groups excluding carboxylic acids is 1. The van der Waals surface area contributed by atoms with Gasteiger partial charge in [-0.2, -0.15) is 0 Å². The lowest BCUT2D eigenvalue weighted by atomic mass is 10.1. The smallest absolute Gasteiger partial charge is 0.329 e. The van der Waals surface area contributed by atoms with Crippen LogP contribution < -0.4 is 21.3 Å². The van der Waals surface area contributed by atoms with Gasteiger partial charge in [0.2, 0.25) is 5.88 Å². The summed E-state index contributed by atoms with van der Waals surface area (Å²) in [6, 6.07) is 5.37. The Morgan fingerprint density at radius 1 is 1.24 bits per heavy atom. The second kappa shape index (κ2) is 8.80. The summed E-state index contributed by atoms with van der Waals surface area (Å²) in [6.45, 7) is 2.35. The van der Waals surface area contributed by atoms with Gasteiger partial charge in [-0.15, -0.1) is 0 Å². The van der Waals surface area contributed by atoms with Crippen molar-refractivity contribution >= 4 is 16.9 Å². The number of aromatic amines is 1. The summed E-state index contributed by atoms with van der Waals surface area (Å²) < 4.78 is 7.47. The van der Waals surface area contributed by atoms with E-state index in [2.05, 4.69) is 20.3 Å². The topological polar surface area (TPSA) is 119 Å². The van der Waals surface area contributed by atoms with Crippen LogP contribution in [0.15, 0.2) is 34.0 Å². The van der Waals surface area contributed by atoms with Crippen LogP contribution in [0.5, 0.6) is 5.88 Å². The van der Waals surface area contributed by atoms with Gasteiger partial charge in [-0.1, -0.05) is 6.07 Å². The van der Waals surface area contributed by atoms with E-state index in [0.717, 1.165) is 49.8 Å². The third-order valence-corrected chi connectivity index (χ3v) is 6.39. The van der Waals surface area contributed by atoms with Crippen LogP contribution >= 0.6 is 0 Å². The molecule has 9 nitrogen and oxygen atoms in total. The molecule has 9 heteroatoms. The summed E-state index contributed by atoms with van der Waals surface area (Å²) >= 11 is 0. The highest BCUT2D eigenvalue weighted by atomic mass is 16.5. The van der Waals surface area contributed by atoms with Gasteiger partial charge in [-0.3, -0.25) is 19.1 Å². The van der Waals surface area contributed by atoms with Gasteiger partial charge >= 0.3 is 5.69 Å². The van der Waals surface area contributed by atoms with Crippen molar-refractivity contribution in [2.24, 2.45) is 0 Å². The lowest BCUT2D eigenvalue weighted by molar-refractivity contribution is 0.0951. The number of pyridine rings is 2. The zero-order chi connectivity index (χ0) is 22.9. The highest BCUT2D eigenvalue weighted by Crippen LogP contribution is 2.39. The summed E-state index contributed by atoms with van der Waals surface area (Å²) in [5.41, 5.74) is 0.876. The Morgan fingerprint density at radius 3 is 2.76 bits per heavy atom. The fourth-order valence-electron chi connectivity index (χ4n) is 4.45. The molecule has 3 aromatic heterocycles. The Bertz CT molecular complexity index is 1320. The molecule has 3 aromatic rings. The summed E-state index contributed by atoms with van der Waals surface area (Å²) in [7, 11) is 0. The van der Waals surface area contributed by atoms with Gasteiger partial charge in [0.15, 0.2) is 5.65 Å². The van der Waals surface area contributed by atoms with E-state index >= 15 is 0 Å². The van der Waals surface area contributed by atoms with E-state index in [-0.39, 0.29) is 35.2 Å². The molecule has 0 spiro atoms. The molecule has 5 rings (SSSR count). The van der Waals surface area contributed by atoms with Crippen LogP contribution in [0.1, 0.15) is 73.0 Å². The average molecular weight is 450 g/mol. The molecule has 0 saturated heterocycles. The number of aromatic nitrogens is 4. The molecule has 2 aliphatic carbocycles. The largest absolute Gasteiger partial charge is 0.474 e. The summed E-state index contributed by atoms with van der Waals surface area (Å²) in [5.74, 6) is 0.387. The molecule has 0 atom stereocenters. The molecule has 0 radical (unpaired) electrons. The number of amides is 1. The molecule has 2 saturated carbocycles. The fraction of sp³-hybridized carbons (Fsp3) is 0.458. The van der Waals surface area contributed by atoms with E-state index in [9.17, 15) is 14.4 Å². The highest BCUT2D eigenvalue weighted by Gasteiger charge is 2.28. The molecule has 0 bridgehead atoms. The van der Waals surface area contributed by atoms with Gasteiger partial charge in [-0.25, -0.2) is 14.8 Å². The number of hydrogen-bond donors (Lipinski definition) is 2. The molecule has 172 valence electrons. The quantitative estimate of drug-likeness (QED) is 0.572. The average Bonchev–Trinajstić information content (AvgIpc) is 3.54. The molecule has 2 N–H and O–H groups in total. The van der Waals surface area contributed by atoms with Crippen molar-refractivity contribution in [3.63, 3.8) is 0 Å². The number of rotatable bonds is 7. The van der Waals surface area contributed by atoms with E-state index in [1.165, 1.54) is 4.57 Å². The summed E-state index contributed by atoms with van der Waals surface area (Å²) in [6.07, 6.45) is 8.13. The van der Waals surface area contributed by atoms with E-state index in [1.54, 1.807) is 25.3 Å². The van der Waals surface area contributed by atoms with E-state index in [4.69, 9.17) is 4.74 Å². The first kappa shape index (κ1) is 21.4. The molecule has 0 unspecified atom stereocenters. The third-order valence-electron chi connectivity index (χ3n) is 6.39. The maximum Gasteiger partial charge on any atom is 0.329 e. The number of aryl methyl sites for hydroxylation is 1. The van der Waals surface area contributed by atoms with Gasteiger partial charge < -0.3 is 10.1 Å². The minimum Gasteiger partial charge on any atom is -0.474 e. The van der Waals surface area contributed by atoms with Crippen LogP contribution in [0.4, 0.5) is 0 Å². The van der Waals surface area contributed by atoms with Gasteiger partial charge in [0.25, 0.3) is 11.5 Å². The maximum atomic E-state index is 13.3. The standard InChI is InChI=1S/C24H27N5O4/c1-2-29-20-19(22(31)28-24(29)32)17(12-18(27-20)14-9-10-14)21(30)26-13-15-6-5-11-25-23(15)33-16-7-3-4-8-16/h5-6,11-12,14,16H,2-4,7-10,13H2,1H3,(H,26,30)(H,28,31,32). The predicted octanol–water partition coefficient (Wildman–Crippen LogP) is 2.63. The number of carbonyl (C=O) groups is 1. The molecule has 0 aliphatic heterocycles. The zero-order valence-corrected chi connectivity index (χ0v) is 18.6. The second-order valence-electron chi connectivity index (χ2n) is 8.75. The monoisotopic (exact) mass is 449 g/mol. The van der Waals surface area contributed by atoms with Crippen LogP contribution in [0.25, 0.3) is 11.0 Å². The molecule has 0 aromatic carbocycles. The maximum absolute atomic E-state index is 13.3. The zero-order valence-electron chi connectivity index (χ0n) is 18.6. The van der Waals surface area contributed by atoms with Crippen LogP contribution in [-0.2, 0) is 13.1 Å². The van der Waals surface area contributed by atoms with Crippen molar-refractivity contribution < 1.29 is 9.53 Å². The van der Waals surface area contributed by atoms with E-state index < -0.39 is 17.2 Å². The van der Waals surface area contributed by atoms with Crippen molar-refractivity contribution in [1.29, 1.82) is 0 Å². The van der Waals surface area contributed by atoms with Crippen LogP contribution in [0.3, 0.4) is 0 Å². The number of ether oxygens (including phenoxy) is 1. The third kappa shape index (κ3) is 4.27. The number of nitrogens with one attached hydrogen (secondary N) is 2. The Hall–Kier alpha value is -3.49. The van der Waals surface area contributed by atoms with Crippen molar-refractivity contribution in [3.05, 3.63) is 62.1 Å². The first-order valence-electron chi connectivity index (χ1n) is 11.6. The molecular formula is C24H27N5O4. The Labute approximate surface area is 190 Å². The van der Waals surface area contributed by atoms with Crippen molar-refractivity contribution in [2.45, 2.75) is 70.6 Å². The lowest BCUT2D eigenvalue weighted by Gasteiger charge is -2.16. The van der Waals surface area contributed by atoms with E-state index in [1.807, 2.05) is 6.07 Å². The molecule has 1 amide bonds. The highest BCUT2D eigenvalue weighted by molar-refractivity contribution is 6.05. The molecule has 2 fully saturated rings. The van der Waals surface area contributed by atoms with Crippen molar-refractivity contribution in [1.82, 2.24) is 24.8 Å². The van der Waals surface area contributed by atoms with Crippen LogP contribution in [0, 0.1) is 0 Å². The van der Waals surface area contributed by atoms with Gasteiger partial charge in [0.1, 0.15) is 6.10 Å². The number of nitrogens with zero attached hydrogens (tertiary/aromatic N) is 3. The summed E-state index contributed by atoms with van der Waals surface area (Å²) in [4.78, 5) is 49.5. The molecule has 33 heavy (non-hydrogen) atoms. The predicted molar refractivity (Wildman–Crippen MR) is 123 cm³/mol. The van der Waals surface area contributed by atoms with Crippen LogP contribution in [0.2, 0.25) is 0 Å². The van der Waals surface area contributed by atoms with Crippen molar-refractivity contribution in [3.8, 4) is 5.88 Å². The first-order chi connectivity index (χ1) is 16.0. The lowest BCUT2D eigenvalue weighted by Crippen LogP contribution is -2.33. The summed E-state index contributed by atoms with van der Waals surface area (Å²) in [5, 5.41) is 3.04. The Morgan fingerprint density at radius 2 is 2.03 bits per heavy atom. The number of hydrogen-bond acceptors (Lipinski definition) is 6. The van der Waals surface area contributed by atoms with E-state index in [0.29, 0.717) is 12.4 Å². The fourth-order valence-corrected chi connectivity index (χ4v) is 4.45.